The molecule has 0 bridgehead atoms. The van der Waals surface area contributed by atoms with Crippen LogP contribution in [0.1, 0.15) is 33.6 Å². The van der Waals surface area contributed by atoms with Crippen molar-refractivity contribution in [2.24, 2.45) is 11.3 Å². The lowest BCUT2D eigenvalue weighted by atomic mass is 9.80. The third kappa shape index (κ3) is 4.16. The molecule has 0 spiro atoms. The number of likely N-dealkylation sites (tertiary alicyclic amines) is 1. The number of terminal acetylenes is 1. The van der Waals surface area contributed by atoms with Gasteiger partial charge in [-0.3, -0.25) is 0 Å². The van der Waals surface area contributed by atoms with Crippen LogP contribution in [0, 0.1) is 23.7 Å². The lowest BCUT2D eigenvalue weighted by Gasteiger charge is -2.27. The summed E-state index contributed by atoms with van der Waals surface area (Å²) >= 11 is 0. The van der Waals surface area contributed by atoms with Crippen molar-refractivity contribution >= 4 is 12.0 Å². The molecular formula is C14H22N2O3. The molecule has 106 valence electrons. The summed E-state index contributed by atoms with van der Waals surface area (Å²) in [7, 11) is 0. The van der Waals surface area contributed by atoms with Gasteiger partial charge < -0.3 is 15.3 Å². The minimum absolute atomic E-state index is 0.00237. The number of rotatable bonds is 3. The van der Waals surface area contributed by atoms with Gasteiger partial charge in [0, 0.05) is 19.5 Å². The van der Waals surface area contributed by atoms with Crippen LogP contribution in [-0.4, -0.2) is 41.1 Å². The van der Waals surface area contributed by atoms with E-state index in [1.165, 1.54) is 0 Å². The first-order valence-electron chi connectivity index (χ1n) is 6.47. The first kappa shape index (κ1) is 15.4. The van der Waals surface area contributed by atoms with Crippen LogP contribution in [0.4, 0.5) is 4.79 Å². The van der Waals surface area contributed by atoms with Crippen molar-refractivity contribution in [3.05, 3.63) is 0 Å². The zero-order chi connectivity index (χ0) is 14.6. The maximum absolute atomic E-state index is 12.0. The minimum Gasteiger partial charge on any atom is -0.480 e. The zero-order valence-corrected chi connectivity index (χ0v) is 11.8. The van der Waals surface area contributed by atoms with Gasteiger partial charge in [-0.05, 0) is 17.8 Å². The van der Waals surface area contributed by atoms with Crippen LogP contribution in [0.2, 0.25) is 0 Å². The van der Waals surface area contributed by atoms with Gasteiger partial charge >= 0.3 is 12.0 Å². The number of carboxylic acid groups (broad SMARTS) is 1. The van der Waals surface area contributed by atoms with Crippen molar-refractivity contribution < 1.29 is 14.7 Å². The van der Waals surface area contributed by atoms with E-state index in [1.807, 2.05) is 0 Å². The Morgan fingerprint density at radius 1 is 1.53 bits per heavy atom. The molecule has 2 unspecified atom stereocenters. The van der Waals surface area contributed by atoms with E-state index in [-0.39, 0.29) is 17.9 Å². The minimum atomic E-state index is -1.10. The molecule has 19 heavy (non-hydrogen) atoms. The highest BCUT2D eigenvalue weighted by Crippen LogP contribution is 2.33. The molecule has 1 aliphatic rings. The molecule has 5 nitrogen and oxygen atoms in total. The van der Waals surface area contributed by atoms with Crippen LogP contribution >= 0.6 is 0 Å². The Bertz CT molecular complexity index is 392. The van der Waals surface area contributed by atoms with E-state index < -0.39 is 12.0 Å². The number of urea groups is 1. The van der Waals surface area contributed by atoms with Crippen molar-refractivity contribution in [1.29, 1.82) is 0 Å². The largest absolute Gasteiger partial charge is 0.480 e. The molecule has 0 radical (unpaired) electrons. The molecule has 0 saturated carbocycles. The lowest BCUT2D eigenvalue weighted by molar-refractivity contribution is -0.139. The molecule has 2 amide bonds. The highest BCUT2D eigenvalue weighted by Gasteiger charge is 2.34. The van der Waals surface area contributed by atoms with Crippen molar-refractivity contribution in [3.8, 4) is 12.3 Å². The van der Waals surface area contributed by atoms with E-state index in [0.29, 0.717) is 19.0 Å². The first-order chi connectivity index (χ1) is 8.75. The molecule has 2 N–H and O–H groups in total. The zero-order valence-electron chi connectivity index (χ0n) is 11.8. The fraction of sp³-hybridized carbons (Fsp3) is 0.714. The molecule has 0 aromatic heterocycles. The highest BCUT2D eigenvalue weighted by molar-refractivity contribution is 5.82. The van der Waals surface area contributed by atoms with E-state index in [4.69, 9.17) is 11.5 Å². The van der Waals surface area contributed by atoms with E-state index in [0.717, 1.165) is 6.42 Å². The number of carbonyl (C=O) groups excluding carboxylic acids is 1. The number of hydrogen-bond acceptors (Lipinski definition) is 2. The molecule has 5 heteroatoms. The number of amides is 2. The van der Waals surface area contributed by atoms with E-state index >= 15 is 0 Å². The Kier molecular flexibility index (Phi) is 4.82. The van der Waals surface area contributed by atoms with Gasteiger partial charge in [-0.2, -0.15) is 0 Å². The van der Waals surface area contributed by atoms with Crippen molar-refractivity contribution in [2.75, 3.05) is 13.1 Å². The molecule has 1 heterocycles. The molecular weight excluding hydrogens is 244 g/mol. The highest BCUT2D eigenvalue weighted by atomic mass is 16.4. The first-order valence-corrected chi connectivity index (χ1v) is 6.47. The fourth-order valence-corrected chi connectivity index (χ4v) is 2.21. The van der Waals surface area contributed by atoms with Crippen molar-refractivity contribution in [3.63, 3.8) is 0 Å². The average Bonchev–Trinajstić information content (AvgIpc) is 2.76. The van der Waals surface area contributed by atoms with Gasteiger partial charge in [0.1, 0.15) is 6.04 Å². The van der Waals surface area contributed by atoms with Crippen LogP contribution < -0.4 is 5.32 Å². The van der Waals surface area contributed by atoms with Crippen LogP contribution in [0.25, 0.3) is 0 Å². The smallest absolute Gasteiger partial charge is 0.327 e. The summed E-state index contributed by atoms with van der Waals surface area (Å²) in [5.41, 5.74) is 0.153. The second-order valence-electron chi connectivity index (χ2n) is 6.05. The predicted molar refractivity (Wildman–Crippen MR) is 72.5 cm³/mol. The quantitative estimate of drug-likeness (QED) is 0.761. The van der Waals surface area contributed by atoms with Crippen LogP contribution in [0.5, 0.6) is 0 Å². The number of hydrogen-bond donors (Lipinski definition) is 2. The fourth-order valence-electron chi connectivity index (χ4n) is 2.21. The summed E-state index contributed by atoms with van der Waals surface area (Å²) in [5.74, 6) is 1.60. The van der Waals surface area contributed by atoms with Gasteiger partial charge in [-0.1, -0.05) is 20.8 Å². The van der Waals surface area contributed by atoms with Gasteiger partial charge in [-0.25, -0.2) is 9.59 Å². The van der Waals surface area contributed by atoms with Crippen molar-refractivity contribution in [2.45, 2.75) is 39.7 Å². The summed E-state index contributed by atoms with van der Waals surface area (Å²) in [6.45, 7) is 7.78. The average molecular weight is 266 g/mol. The molecule has 1 fully saturated rings. The van der Waals surface area contributed by atoms with E-state index in [1.54, 1.807) is 4.90 Å². The Morgan fingerprint density at radius 2 is 2.16 bits per heavy atom. The number of nitrogens with one attached hydrogen (secondary N) is 1. The van der Waals surface area contributed by atoms with Gasteiger partial charge in [0.25, 0.3) is 0 Å². The van der Waals surface area contributed by atoms with Crippen LogP contribution in [0.15, 0.2) is 0 Å². The number of aliphatic carboxylic acids is 1. The van der Waals surface area contributed by atoms with Gasteiger partial charge in [0.15, 0.2) is 0 Å². The van der Waals surface area contributed by atoms with Crippen LogP contribution in [0.3, 0.4) is 0 Å². The number of carboxylic acids is 1. The molecule has 0 aromatic carbocycles. The maximum Gasteiger partial charge on any atom is 0.327 e. The van der Waals surface area contributed by atoms with Crippen molar-refractivity contribution in [1.82, 2.24) is 10.2 Å². The molecule has 0 aliphatic carbocycles. The SMILES string of the molecule is C#CCC(NC(=O)N1CCC(C(C)(C)C)C1)C(=O)O. The predicted octanol–water partition coefficient (Wildman–Crippen LogP) is 1.54. The van der Waals surface area contributed by atoms with Gasteiger partial charge in [0.05, 0.1) is 0 Å². The summed E-state index contributed by atoms with van der Waals surface area (Å²) in [4.78, 5) is 24.6. The topological polar surface area (TPSA) is 69.6 Å². The van der Waals surface area contributed by atoms with Crippen LogP contribution in [-0.2, 0) is 4.79 Å². The third-order valence-electron chi connectivity index (χ3n) is 3.62. The summed E-state index contributed by atoms with van der Waals surface area (Å²) in [6.07, 6.45) is 6.04. The summed E-state index contributed by atoms with van der Waals surface area (Å²) in [6, 6.07) is -1.35. The Labute approximate surface area is 114 Å². The molecule has 1 rings (SSSR count). The van der Waals surface area contributed by atoms with E-state index in [2.05, 4.69) is 32.0 Å². The second-order valence-corrected chi connectivity index (χ2v) is 6.05. The number of nitrogens with zero attached hydrogens (tertiary/aromatic N) is 1. The molecule has 2 atom stereocenters. The summed E-state index contributed by atoms with van der Waals surface area (Å²) in [5, 5.41) is 11.4. The third-order valence-corrected chi connectivity index (χ3v) is 3.62. The monoisotopic (exact) mass is 266 g/mol. The standard InChI is InChI=1S/C14H22N2O3/c1-5-6-11(12(17)18)15-13(19)16-8-7-10(9-16)14(2,3)4/h1,10-11H,6-9H2,2-4H3,(H,15,19)(H,17,18). The Balaban J connectivity index is 2.56. The van der Waals surface area contributed by atoms with E-state index in [9.17, 15) is 9.59 Å². The van der Waals surface area contributed by atoms with Gasteiger partial charge in [0.2, 0.25) is 0 Å². The Morgan fingerprint density at radius 3 is 2.58 bits per heavy atom. The molecule has 1 saturated heterocycles. The lowest BCUT2D eigenvalue weighted by Crippen LogP contribution is -2.47. The molecule has 0 aromatic rings. The Hall–Kier alpha value is -1.70. The normalized spacial score (nSPS) is 20.7. The maximum atomic E-state index is 12.0. The molecule has 1 aliphatic heterocycles. The number of carbonyl (C=O) groups is 2. The second kappa shape index (κ2) is 5.96. The summed E-state index contributed by atoms with van der Waals surface area (Å²) < 4.78 is 0. The van der Waals surface area contributed by atoms with Gasteiger partial charge in [-0.15, -0.1) is 12.3 Å².